The molecule has 4 N–H and O–H groups in total. The van der Waals surface area contributed by atoms with Gasteiger partial charge in [-0.25, -0.2) is 4.98 Å². The maximum Gasteiger partial charge on any atom is 0.139 e. The number of hydrogen-bond donors (Lipinski definition) is 3. The van der Waals surface area contributed by atoms with Crippen molar-refractivity contribution in [3.8, 4) is 5.75 Å². The van der Waals surface area contributed by atoms with Gasteiger partial charge >= 0.3 is 0 Å². The van der Waals surface area contributed by atoms with Crippen LogP contribution < -0.4 is 11.1 Å². The highest BCUT2D eigenvalue weighted by molar-refractivity contribution is 9.10. The number of nitrogens with zero attached hydrogens (tertiary/aromatic N) is 1. The molecule has 0 spiro atoms. The first-order valence-electron chi connectivity index (χ1n) is 7.80. The number of nitrogens with one attached hydrogen (secondary N) is 1. The second kappa shape index (κ2) is 7.21. The minimum absolute atomic E-state index is 0.274. The smallest absolute Gasteiger partial charge is 0.139 e. The summed E-state index contributed by atoms with van der Waals surface area (Å²) in [5.74, 6) is 1.44. The third kappa shape index (κ3) is 3.96. The second-order valence-electron chi connectivity index (χ2n) is 6.34. The van der Waals surface area contributed by atoms with E-state index >= 15 is 0 Å². The first-order valence-corrected chi connectivity index (χ1v) is 8.60. The fraction of sp³-hybridized carbons (Fsp3) is 0.389. The van der Waals surface area contributed by atoms with Gasteiger partial charge in [0, 0.05) is 12.7 Å². The normalized spacial score (nSPS) is 11.3. The second-order valence-corrected chi connectivity index (χ2v) is 7.14. The van der Waals surface area contributed by atoms with E-state index in [0.29, 0.717) is 18.1 Å². The average Bonchev–Trinajstić information content (AvgIpc) is 2.49. The van der Waals surface area contributed by atoms with Crippen LogP contribution in [0.4, 0.5) is 11.5 Å². The highest BCUT2D eigenvalue weighted by Gasteiger charge is 2.15. The van der Waals surface area contributed by atoms with Crippen molar-refractivity contribution in [2.24, 2.45) is 0 Å². The van der Waals surface area contributed by atoms with Crippen LogP contribution in [0.25, 0.3) is 0 Å². The van der Waals surface area contributed by atoms with Crippen LogP contribution in [0.5, 0.6) is 5.75 Å². The first-order chi connectivity index (χ1) is 10.8. The zero-order valence-electron chi connectivity index (χ0n) is 14.0. The number of rotatable bonds is 5. The van der Waals surface area contributed by atoms with Crippen LogP contribution >= 0.6 is 15.9 Å². The van der Waals surface area contributed by atoms with Crippen molar-refractivity contribution in [3.05, 3.63) is 45.6 Å². The summed E-state index contributed by atoms with van der Waals surface area (Å²) in [6.07, 6.45) is 1.68. The molecular formula is C18H24BrN3O. The van der Waals surface area contributed by atoms with E-state index in [1.54, 1.807) is 6.20 Å². The van der Waals surface area contributed by atoms with E-state index in [1.807, 2.05) is 6.07 Å². The molecule has 1 aromatic carbocycles. The Morgan fingerprint density at radius 1 is 1.17 bits per heavy atom. The summed E-state index contributed by atoms with van der Waals surface area (Å²) in [6.45, 7) is 9.03. The maximum atomic E-state index is 10.5. The number of anilines is 2. The van der Waals surface area contributed by atoms with E-state index in [0.717, 1.165) is 26.9 Å². The maximum absolute atomic E-state index is 10.5. The number of halogens is 1. The lowest BCUT2D eigenvalue weighted by Gasteiger charge is -2.18. The van der Waals surface area contributed by atoms with E-state index in [9.17, 15) is 5.11 Å². The van der Waals surface area contributed by atoms with Gasteiger partial charge in [0.15, 0.2) is 0 Å². The van der Waals surface area contributed by atoms with Gasteiger partial charge in [0.2, 0.25) is 0 Å². The lowest BCUT2D eigenvalue weighted by Crippen LogP contribution is -2.05. The predicted octanol–water partition coefficient (Wildman–Crippen LogP) is 4.99. The van der Waals surface area contributed by atoms with Gasteiger partial charge in [-0.15, -0.1) is 0 Å². The van der Waals surface area contributed by atoms with Crippen LogP contribution in [0.2, 0.25) is 0 Å². The monoisotopic (exact) mass is 377 g/mol. The number of aromatic nitrogens is 1. The summed E-state index contributed by atoms with van der Waals surface area (Å²) in [4.78, 5) is 4.04. The molecule has 1 heterocycles. The number of aromatic hydroxyl groups is 1. The van der Waals surface area contributed by atoms with Gasteiger partial charge in [0.05, 0.1) is 10.2 Å². The Hall–Kier alpha value is -1.75. The highest BCUT2D eigenvalue weighted by Crippen LogP contribution is 2.35. The number of phenolic OH excluding ortho intramolecular Hbond substituents is 1. The van der Waals surface area contributed by atoms with Crippen molar-refractivity contribution >= 4 is 27.4 Å². The van der Waals surface area contributed by atoms with Crippen molar-refractivity contribution in [2.45, 2.75) is 46.1 Å². The number of nitrogen functional groups attached to an aromatic ring is 1. The molecule has 0 saturated heterocycles. The Balaban J connectivity index is 2.31. The molecule has 0 aliphatic carbocycles. The van der Waals surface area contributed by atoms with E-state index < -0.39 is 0 Å². The molecule has 0 saturated carbocycles. The summed E-state index contributed by atoms with van der Waals surface area (Å²) in [6, 6.07) is 6.02. The first kappa shape index (κ1) is 17.6. The number of pyridine rings is 1. The Bertz CT molecular complexity index is 670. The molecule has 1 aromatic heterocycles. The molecule has 0 unspecified atom stereocenters. The molecular weight excluding hydrogens is 354 g/mol. The summed E-state index contributed by atoms with van der Waals surface area (Å²) in [5, 5.41) is 13.8. The van der Waals surface area contributed by atoms with Gasteiger partial charge < -0.3 is 16.2 Å². The zero-order valence-corrected chi connectivity index (χ0v) is 15.6. The number of benzene rings is 1. The number of hydrogen-bond acceptors (Lipinski definition) is 4. The lowest BCUT2D eigenvalue weighted by molar-refractivity contribution is 0.454. The molecule has 0 atom stereocenters. The zero-order chi connectivity index (χ0) is 17.1. The minimum Gasteiger partial charge on any atom is -0.507 e. The molecule has 5 heteroatoms. The molecule has 0 radical (unpaired) electrons. The fourth-order valence-corrected chi connectivity index (χ4v) is 2.90. The van der Waals surface area contributed by atoms with Gasteiger partial charge in [-0.05, 0) is 50.5 Å². The Labute approximate surface area is 146 Å². The van der Waals surface area contributed by atoms with Crippen LogP contribution in [0.15, 0.2) is 28.9 Å². The summed E-state index contributed by atoms with van der Waals surface area (Å²) in [5.41, 5.74) is 9.82. The van der Waals surface area contributed by atoms with Crippen LogP contribution in [0.1, 0.15) is 56.2 Å². The molecule has 0 aliphatic heterocycles. The van der Waals surface area contributed by atoms with Crippen LogP contribution in [0.3, 0.4) is 0 Å². The molecule has 0 bridgehead atoms. The SMILES string of the molecule is CC(C)c1cc(CNc2ccnc(N)c2Br)cc(C(C)C)c1O. The van der Waals surface area contributed by atoms with E-state index in [4.69, 9.17) is 5.73 Å². The molecule has 2 rings (SSSR count). The van der Waals surface area contributed by atoms with Crippen molar-refractivity contribution in [1.29, 1.82) is 0 Å². The average molecular weight is 378 g/mol. The van der Waals surface area contributed by atoms with Crippen LogP contribution in [0, 0.1) is 0 Å². The highest BCUT2D eigenvalue weighted by atomic mass is 79.9. The molecule has 124 valence electrons. The van der Waals surface area contributed by atoms with E-state index in [2.05, 4.69) is 66.1 Å². The quantitative estimate of drug-likeness (QED) is 0.685. The molecule has 0 amide bonds. The summed E-state index contributed by atoms with van der Waals surface area (Å²) >= 11 is 3.45. The van der Waals surface area contributed by atoms with Gasteiger partial charge in [0.25, 0.3) is 0 Å². The summed E-state index contributed by atoms with van der Waals surface area (Å²) in [7, 11) is 0. The third-order valence-corrected chi connectivity index (χ3v) is 4.71. The lowest BCUT2D eigenvalue weighted by atomic mass is 9.91. The van der Waals surface area contributed by atoms with Gasteiger partial charge in [-0.2, -0.15) is 0 Å². The molecule has 4 nitrogen and oxygen atoms in total. The fourth-order valence-electron chi connectivity index (χ4n) is 2.52. The van der Waals surface area contributed by atoms with Crippen molar-refractivity contribution in [3.63, 3.8) is 0 Å². The molecule has 0 aliphatic rings. The number of nitrogens with two attached hydrogens (primary N) is 1. The largest absolute Gasteiger partial charge is 0.507 e. The Morgan fingerprint density at radius 3 is 2.26 bits per heavy atom. The summed E-state index contributed by atoms with van der Waals surface area (Å²) < 4.78 is 0.770. The minimum atomic E-state index is 0.274. The Kier molecular flexibility index (Phi) is 5.52. The topological polar surface area (TPSA) is 71.2 Å². The van der Waals surface area contributed by atoms with E-state index in [1.165, 1.54) is 0 Å². The molecule has 23 heavy (non-hydrogen) atoms. The van der Waals surface area contributed by atoms with Crippen LogP contribution in [-0.4, -0.2) is 10.1 Å². The number of phenols is 1. The third-order valence-electron chi connectivity index (χ3n) is 3.87. The standard InChI is InChI=1S/C18H24BrN3O/c1-10(2)13-7-12(8-14(11(3)4)17(13)23)9-22-15-5-6-21-18(20)16(15)19/h5-8,10-11,23H,9H2,1-4H3,(H3,20,21,22). The van der Waals surface area contributed by atoms with Gasteiger partial charge in [0.1, 0.15) is 11.6 Å². The Morgan fingerprint density at radius 2 is 1.74 bits per heavy atom. The van der Waals surface area contributed by atoms with Crippen LogP contribution in [-0.2, 0) is 6.54 Å². The predicted molar refractivity (Wildman–Crippen MR) is 100.0 cm³/mol. The van der Waals surface area contributed by atoms with Crippen molar-refractivity contribution in [1.82, 2.24) is 4.98 Å². The molecule has 2 aromatic rings. The molecule has 0 fully saturated rings. The van der Waals surface area contributed by atoms with E-state index in [-0.39, 0.29) is 11.8 Å². The van der Waals surface area contributed by atoms with Gasteiger partial charge in [-0.3, -0.25) is 0 Å². The van der Waals surface area contributed by atoms with Gasteiger partial charge in [-0.1, -0.05) is 39.8 Å². The van der Waals surface area contributed by atoms with Crippen molar-refractivity contribution < 1.29 is 5.11 Å². The van der Waals surface area contributed by atoms with Crippen molar-refractivity contribution in [2.75, 3.05) is 11.1 Å².